The molecule has 25 heavy (non-hydrogen) atoms. The number of hydrogen-bond donors (Lipinski definition) is 2. The van der Waals surface area contributed by atoms with E-state index in [4.69, 9.17) is 4.74 Å². The summed E-state index contributed by atoms with van der Waals surface area (Å²) in [5.41, 5.74) is 2.52. The molecule has 3 amide bonds. The highest BCUT2D eigenvalue weighted by atomic mass is 16.5. The van der Waals surface area contributed by atoms with Crippen LogP contribution in [0.2, 0.25) is 0 Å². The number of pyridine rings is 1. The zero-order chi connectivity index (χ0) is 17.8. The molecule has 2 heterocycles. The summed E-state index contributed by atoms with van der Waals surface area (Å²) in [4.78, 5) is 30.7. The summed E-state index contributed by atoms with van der Waals surface area (Å²) in [6, 6.07) is 10.0. The molecule has 7 nitrogen and oxygen atoms in total. The Morgan fingerprint density at radius 2 is 2.20 bits per heavy atom. The molecule has 2 aromatic rings. The number of carbonyl (C=O) groups is 2. The number of nitrogens with one attached hydrogen (secondary N) is 2. The van der Waals surface area contributed by atoms with Crippen molar-refractivity contribution in [1.82, 2.24) is 9.88 Å². The van der Waals surface area contributed by atoms with Crippen molar-refractivity contribution in [3.05, 3.63) is 53.7 Å². The fraction of sp³-hybridized carbons (Fsp3) is 0.278. The van der Waals surface area contributed by atoms with Gasteiger partial charge in [0.05, 0.1) is 13.2 Å². The maximum Gasteiger partial charge on any atom is 0.323 e. The molecule has 0 saturated heterocycles. The van der Waals surface area contributed by atoms with Gasteiger partial charge in [-0.2, -0.15) is 0 Å². The van der Waals surface area contributed by atoms with Crippen LogP contribution in [0.15, 0.2) is 42.6 Å². The standard InChI is InChI=1S/C18H20N4O3/c1-12-17(23)20-15-6-4-3-5-14(15)10-22(12)18(24)21-16-9-13(11-25-2)7-8-19-16/h3-9,12H,10-11H2,1-2H3,(H,20,23)(H,19,21,24). The van der Waals surface area contributed by atoms with Gasteiger partial charge in [-0.15, -0.1) is 0 Å². The van der Waals surface area contributed by atoms with Gasteiger partial charge in [-0.3, -0.25) is 10.1 Å². The Morgan fingerprint density at radius 1 is 1.40 bits per heavy atom. The summed E-state index contributed by atoms with van der Waals surface area (Å²) in [5, 5.41) is 5.61. The Morgan fingerprint density at radius 3 is 3.00 bits per heavy atom. The summed E-state index contributed by atoms with van der Waals surface area (Å²) in [7, 11) is 1.60. The predicted molar refractivity (Wildman–Crippen MR) is 94.0 cm³/mol. The number of aromatic nitrogens is 1. The van der Waals surface area contributed by atoms with Gasteiger partial charge >= 0.3 is 6.03 Å². The SMILES string of the molecule is COCc1ccnc(NC(=O)N2Cc3ccccc3NC(=O)C2C)c1. The lowest BCUT2D eigenvalue weighted by Crippen LogP contribution is -2.45. The first-order valence-electron chi connectivity index (χ1n) is 7.98. The number of hydrogen-bond acceptors (Lipinski definition) is 4. The van der Waals surface area contributed by atoms with Gasteiger partial charge in [-0.25, -0.2) is 9.78 Å². The highest BCUT2D eigenvalue weighted by Gasteiger charge is 2.30. The Hall–Kier alpha value is -2.93. The summed E-state index contributed by atoms with van der Waals surface area (Å²) in [6.45, 7) is 2.47. The van der Waals surface area contributed by atoms with Crippen molar-refractivity contribution in [2.45, 2.75) is 26.1 Å². The minimum Gasteiger partial charge on any atom is -0.380 e. The average Bonchev–Trinajstić information content (AvgIpc) is 2.72. The van der Waals surface area contributed by atoms with E-state index >= 15 is 0 Å². The molecule has 0 aliphatic carbocycles. The van der Waals surface area contributed by atoms with Crippen LogP contribution in [-0.4, -0.2) is 35.0 Å². The van der Waals surface area contributed by atoms with Crippen LogP contribution in [0.3, 0.4) is 0 Å². The lowest BCUT2D eigenvalue weighted by atomic mass is 10.1. The average molecular weight is 340 g/mol. The van der Waals surface area contributed by atoms with Crippen molar-refractivity contribution < 1.29 is 14.3 Å². The van der Waals surface area contributed by atoms with E-state index in [1.807, 2.05) is 30.3 Å². The number of carbonyl (C=O) groups excluding carboxylic acids is 2. The van der Waals surface area contributed by atoms with Crippen molar-refractivity contribution in [2.24, 2.45) is 0 Å². The van der Waals surface area contributed by atoms with Crippen LogP contribution >= 0.6 is 0 Å². The third kappa shape index (κ3) is 3.77. The largest absolute Gasteiger partial charge is 0.380 e. The second-order valence-electron chi connectivity index (χ2n) is 5.86. The first-order chi connectivity index (χ1) is 12.1. The van der Waals surface area contributed by atoms with Crippen molar-refractivity contribution >= 4 is 23.4 Å². The number of rotatable bonds is 3. The van der Waals surface area contributed by atoms with Crippen molar-refractivity contribution in [1.29, 1.82) is 0 Å². The molecule has 3 rings (SSSR count). The number of amides is 3. The quantitative estimate of drug-likeness (QED) is 0.899. The zero-order valence-corrected chi connectivity index (χ0v) is 14.2. The van der Waals surface area contributed by atoms with Crippen LogP contribution in [0.25, 0.3) is 0 Å². The Kier molecular flexibility index (Phi) is 4.95. The molecule has 1 unspecified atom stereocenters. The second-order valence-corrected chi connectivity index (χ2v) is 5.86. The van der Waals surface area contributed by atoms with E-state index in [2.05, 4.69) is 15.6 Å². The van der Waals surface area contributed by atoms with Gasteiger partial charge in [-0.1, -0.05) is 18.2 Å². The maximum atomic E-state index is 12.7. The van der Waals surface area contributed by atoms with Gasteiger partial charge in [0, 0.05) is 19.0 Å². The van der Waals surface area contributed by atoms with E-state index < -0.39 is 6.04 Å². The number of urea groups is 1. The predicted octanol–water partition coefficient (Wildman–Crippen LogP) is 2.60. The van der Waals surface area contributed by atoms with E-state index in [1.165, 1.54) is 4.90 Å². The van der Waals surface area contributed by atoms with E-state index in [0.29, 0.717) is 19.0 Å². The smallest absolute Gasteiger partial charge is 0.323 e. The normalized spacial score (nSPS) is 16.6. The number of benzene rings is 1. The molecule has 130 valence electrons. The Bertz CT molecular complexity index is 793. The fourth-order valence-corrected chi connectivity index (χ4v) is 2.71. The van der Waals surface area contributed by atoms with Gasteiger partial charge in [0.15, 0.2) is 0 Å². The van der Waals surface area contributed by atoms with E-state index in [1.54, 1.807) is 26.3 Å². The van der Waals surface area contributed by atoms with Crippen LogP contribution in [0.5, 0.6) is 0 Å². The molecule has 1 aromatic heterocycles. The monoisotopic (exact) mass is 340 g/mol. The summed E-state index contributed by atoms with van der Waals surface area (Å²) in [5.74, 6) is 0.200. The van der Waals surface area contributed by atoms with E-state index in [0.717, 1.165) is 16.8 Å². The summed E-state index contributed by atoms with van der Waals surface area (Å²) < 4.78 is 5.09. The summed E-state index contributed by atoms with van der Waals surface area (Å²) in [6.07, 6.45) is 1.61. The van der Waals surface area contributed by atoms with Crippen LogP contribution in [0, 0.1) is 0 Å². The van der Waals surface area contributed by atoms with Gasteiger partial charge in [0.1, 0.15) is 11.9 Å². The van der Waals surface area contributed by atoms with Crippen molar-refractivity contribution in [2.75, 3.05) is 17.7 Å². The Labute approximate surface area is 146 Å². The molecule has 0 bridgehead atoms. The third-order valence-electron chi connectivity index (χ3n) is 4.09. The lowest BCUT2D eigenvalue weighted by molar-refractivity contribution is -0.119. The van der Waals surface area contributed by atoms with Crippen LogP contribution < -0.4 is 10.6 Å². The van der Waals surface area contributed by atoms with Gasteiger partial charge in [0.25, 0.3) is 0 Å². The molecule has 2 N–H and O–H groups in total. The Balaban J connectivity index is 1.81. The highest BCUT2D eigenvalue weighted by Crippen LogP contribution is 2.23. The number of para-hydroxylation sites is 1. The van der Waals surface area contributed by atoms with Crippen LogP contribution in [0.1, 0.15) is 18.1 Å². The first-order valence-corrected chi connectivity index (χ1v) is 7.98. The molecule has 0 spiro atoms. The summed E-state index contributed by atoms with van der Waals surface area (Å²) >= 11 is 0. The molecular formula is C18H20N4O3. The fourth-order valence-electron chi connectivity index (χ4n) is 2.71. The number of anilines is 2. The molecule has 0 fully saturated rings. The van der Waals surface area contributed by atoms with Crippen LogP contribution in [-0.2, 0) is 22.7 Å². The van der Waals surface area contributed by atoms with Gasteiger partial charge in [-0.05, 0) is 36.2 Å². The maximum absolute atomic E-state index is 12.7. The molecule has 1 aliphatic rings. The van der Waals surface area contributed by atoms with Crippen molar-refractivity contribution in [3.8, 4) is 0 Å². The van der Waals surface area contributed by atoms with Gasteiger partial charge in [0.2, 0.25) is 5.91 Å². The van der Waals surface area contributed by atoms with Crippen LogP contribution in [0.4, 0.5) is 16.3 Å². The lowest BCUT2D eigenvalue weighted by Gasteiger charge is -2.25. The second kappa shape index (κ2) is 7.31. The minimum absolute atomic E-state index is 0.221. The first kappa shape index (κ1) is 16.9. The molecule has 1 aliphatic heterocycles. The molecule has 0 radical (unpaired) electrons. The molecule has 7 heteroatoms. The number of fused-ring (bicyclic) bond motifs is 1. The highest BCUT2D eigenvalue weighted by molar-refractivity contribution is 6.00. The van der Waals surface area contributed by atoms with E-state index in [9.17, 15) is 9.59 Å². The zero-order valence-electron chi connectivity index (χ0n) is 14.2. The molecule has 1 aromatic carbocycles. The molecule has 1 atom stereocenters. The van der Waals surface area contributed by atoms with Crippen molar-refractivity contribution in [3.63, 3.8) is 0 Å². The number of nitrogens with zero attached hydrogens (tertiary/aromatic N) is 2. The molecular weight excluding hydrogens is 320 g/mol. The van der Waals surface area contributed by atoms with Gasteiger partial charge < -0.3 is 15.0 Å². The number of methoxy groups -OCH3 is 1. The number of ether oxygens (including phenoxy) is 1. The molecule has 0 saturated carbocycles. The van der Waals surface area contributed by atoms with E-state index in [-0.39, 0.29) is 11.9 Å². The minimum atomic E-state index is -0.602. The topological polar surface area (TPSA) is 83.6 Å². The third-order valence-corrected chi connectivity index (χ3v) is 4.09.